The van der Waals surface area contributed by atoms with Crippen molar-refractivity contribution in [3.8, 4) is 5.88 Å². The maximum absolute atomic E-state index is 10.3. The van der Waals surface area contributed by atoms with Crippen LogP contribution in [0.15, 0.2) is 47.5 Å². The molecule has 1 aliphatic carbocycles. The Bertz CT molecular complexity index is 1030. The summed E-state index contributed by atoms with van der Waals surface area (Å²) < 4.78 is 0. The predicted molar refractivity (Wildman–Crippen MR) is 121 cm³/mol. The molecule has 5 rings (SSSR count). The molecule has 0 radical (unpaired) electrons. The van der Waals surface area contributed by atoms with Crippen LogP contribution in [0.4, 0.5) is 11.4 Å². The Morgan fingerprint density at radius 1 is 1.03 bits per heavy atom. The summed E-state index contributed by atoms with van der Waals surface area (Å²) >= 11 is 0. The first-order chi connectivity index (χ1) is 14.2. The van der Waals surface area contributed by atoms with Crippen LogP contribution in [-0.2, 0) is 0 Å². The normalized spacial score (nSPS) is 22.3. The van der Waals surface area contributed by atoms with Gasteiger partial charge in [-0.05, 0) is 67.5 Å². The third kappa shape index (κ3) is 3.52. The largest absolute Gasteiger partial charge is 0.494 e. The minimum absolute atomic E-state index is 0.171. The molecule has 2 aromatic carbocycles. The van der Waals surface area contributed by atoms with Gasteiger partial charge in [0.25, 0.3) is 0 Å². The van der Waals surface area contributed by atoms with E-state index in [0.29, 0.717) is 0 Å². The van der Waals surface area contributed by atoms with Crippen LogP contribution in [0.5, 0.6) is 5.88 Å². The number of hydrogen-bond acceptors (Lipinski definition) is 3. The van der Waals surface area contributed by atoms with Crippen LogP contribution in [0.2, 0.25) is 0 Å². The van der Waals surface area contributed by atoms with E-state index in [-0.39, 0.29) is 5.88 Å². The summed E-state index contributed by atoms with van der Waals surface area (Å²) in [6.45, 7) is 4.43. The van der Waals surface area contributed by atoms with E-state index in [1.807, 2.05) is 12.1 Å². The van der Waals surface area contributed by atoms with Crippen LogP contribution < -0.4 is 4.90 Å². The van der Waals surface area contributed by atoms with Gasteiger partial charge in [-0.1, -0.05) is 31.4 Å². The van der Waals surface area contributed by atoms with Crippen LogP contribution in [0.1, 0.15) is 43.2 Å². The Hall–Kier alpha value is -2.75. The van der Waals surface area contributed by atoms with Crippen molar-refractivity contribution >= 4 is 28.5 Å². The van der Waals surface area contributed by atoms with Gasteiger partial charge in [-0.3, -0.25) is 4.99 Å². The number of anilines is 1. The van der Waals surface area contributed by atoms with Gasteiger partial charge in [0.2, 0.25) is 0 Å². The second kappa shape index (κ2) is 7.58. The molecule has 2 heterocycles. The minimum Gasteiger partial charge on any atom is -0.494 e. The Kier molecular flexibility index (Phi) is 4.78. The van der Waals surface area contributed by atoms with Crippen molar-refractivity contribution in [1.29, 1.82) is 0 Å². The average Bonchev–Trinajstić information content (AvgIpc) is 3.08. The van der Waals surface area contributed by atoms with E-state index in [0.717, 1.165) is 39.6 Å². The lowest BCUT2D eigenvalue weighted by molar-refractivity contribution is 0.202. The molecule has 1 aromatic heterocycles. The van der Waals surface area contributed by atoms with Crippen molar-refractivity contribution in [2.75, 3.05) is 18.0 Å². The Balaban J connectivity index is 1.33. The molecule has 0 bridgehead atoms. The molecule has 0 amide bonds. The first kappa shape index (κ1) is 18.3. The van der Waals surface area contributed by atoms with Crippen LogP contribution in [0, 0.1) is 18.8 Å². The molecule has 4 nitrogen and oxygen atoms in total. The zero-order chi connectivity index (χ0) is 19.8. The topological polar surface area (TPSA) is 51.6 Å². The Morgan fingerprint density at radius 3 is 2.66 bits per heavy atom. The fraction of sp³-hybridized carbons (Fsp3) is 0.400. The summed E-state index contributed by atoms with van der Waals surface area (Å²) in [6, 6.07) is 14.6. The second-order valence-corrected chi connectivity index (χ2v) is 8.70. The van der Waals surface area contributed by atoms with Gasteiger partial charge in [0, 0.05) is 35.9 Å². The monoisotopic (exact) mass is 387 g/mol. The number of nitrogens with zero attached hydrogens (tertiary/aromatic N) is 2. The lowest BCUT2D eigenvalue weighted by Gasteiger charge is -2.42. The summed E-state index contributed by atoms with van der Waals surface area (Å²) in [5.74, 6) is 2.00. The standard InChI is InChI=1S/C25H29N3O/c1-17-5-4-8-23-24(17)22(25(29)27-23)15-26-20-9-11-21(12-10-20)28-14-13-18-6-2-3-7-19(18)16-28/h4-5,8-12,15,18-19,27,29H,2-3,6-7,13-14,16H2,1H3. The van der Waals surface area contributed by atoms with Crippen molar-refractivity contribution in [1.82, 2.24) is 4.98 Å². The quantitative estimate of drug-likeness (QED) is 0.546. The number of benzene rings is 2. The zero-order valence-electron chi connectivity index (χ0n) is 17.1. The van der Waals surface area contributed by atoms with Crippen molar-refractivity contribution < 1.29 is 5.11 Å². The highest BCUT2D eigenvalue weighted by atomic mass is 16.3. The number of piperidine rings is 1. The number of aliphatic imine (C=N–C) groups is 1. The van der Waals surface area contributed by atoms with E-state index >= 15 is 0 Å². The molecule has 2 atom stereocenters. The highest BCUT2D eigenvalue weighted by Gasteiger charge is 2.31. The number of rotatable bonds is 3. The highest BCUT2D eigenvalue weighted by molar-refractivity contribution is 6.04. The molecule has 1 saturated carbocycles. The molecule has 2 aliphatic rings. The van der Waals surface area contributed by atoms with Gasteiger partial charge in [-0.15, -0.1) is 0 Å². The van der Waals surface area contributed by atoms with E-state index in [4.69, 9.17) is 0 Å². The molecule has 0 spiro atoms. The number of H-pyrrole nitrogens is 1. The number of aryl methyl sites for hydroxylation is 1. The molecule has 2 N–H and O–H groups in total. The average molecular weight is 388 g/mol. The predicted octanol–water partition coefficient (Wildman–Crippen LogP) is 5.95. The molecule has 29 heavy (non-hydrogen) atoms. The summed E-state index contributed by atoms with van der Waals surface area (Å²) in [7, 11) is 0. The van der Waals surface area contributed by atoms with Gasteiger partial charge >= 0.3 is 0 Å². The molecule has 1 aliphatic heterocycles. The summed E-state index contributed by atoms with van der Waals surface area (Å²) in [4.78, 5) is 10.2. The third-order valence-corrected chi connectivity index (χ3v) is 6.90. The smallest absolute Gasteiger partial charge is 0.198 e. The van der Waals surface area contributed by atoms with E-state index in [2.05, 4.69) is 52.1 Å². The molecule has 2 unspecified atom stereocenters. The molecular weight excluding hydrogens is 358 g/mol. The zero-order valence-corrected chi connectivity index (χ0v) is 17.1. The number of aromatic hydroxyl groups is 1. The van der Waals surface area contributed by atoms with E-state index in [1.54, 1.807) is 6.21 Å². The third-order valence-electron chi connectivity index (χ3n) is 6.90. The van der Waals surface area contributed by atoms with Crippen molar-refractivity contribution in [2.45, 2.75) is 39.0 Å². The van der Waals surface area contributed by atoms with Crippen LogP contribution >= 0.6 is 0 Å². The first-order valence-corrected chi connectivity index (χ1v) is 10.9. The van der Waals surface area contributed by atoms with Gasteiger partial charge in [-0.2, -0.15) is 0 Å². The molecule has 150 valence electrons. The van der Waals surface area contributed by atoms with Gasteiger partial charge < -0.3 is 15.0 Å². The maximum atomic E-state index is 10.3. The Labute approximate surface area is 172 Å². The SMILES string of the molecule is Cc1cccc2[nH]c(O)c(C=Nc3ccc(N4CCC5CCCCC5C4)cc3)c12. The number of fused-ring (bicyclic) bond motifs is 2. The van der Waals surface area contributed by atoms with Crippen molar-refractivity contribution in [2.24, 2.45) is 16.8 Å². The Morgan fingerprint density at radius 2 is 1.83 bits per heavy atom. The fourth-order valence-electron chi connectivity index (χ4n) is 5.29. The highest BCUT2D eigenvalue weighted by Crippen LogP contribution is 2.37. The van der Waals surface area contributed by atoms with Gasteiger partial charge in [0.15, 0.2) is 5.88 Å². The fourth-order valence-corrected chi connectivity index (χ4v) is 5.29. The maximum Gasteiger partial charge on any atom is 0.198 e. The number of aromatic amines is 1. The van der Waals surface area contributed by atoms with Gasteiger partial charge in [-0.25, -0.2) is 0 Å². The van der Waals surface area contributed by atoms with E-state index in [1.165, 1.54) is 50.9 Å². The summed E-state index contributed by atoms with van der Waals surface area (Å²) in [5.41, 5.74) is 5.02. The molecule has 3 aromatic rings. The molecule has 1 saturated heterocycles. The number of nitrogens with one attached hydrogen (secondary N) is 1. The second-order valence-electron chi connectivity index (χ2n) is 8.70. The van der Waals surface area contributed by atoms with Crippen LogP contribution in [0.3, 0.4) is 0 Å². The lowest BCUT2D eigenvalue weighted by Crippen LogP contribution is -2.41. The van der Waals surface area contributed by atoms with Crippen LogP contribution in [-0.4, -0.2) is 29.4 Å². The van der Waals surface area contributed by atoms with Crippen molar-refractivity contribution in [3.63, 3.8) is 0 Å². The van der Waals surface area contributed by atoms with Crippen LogP contribution in [0.25, 0.3) is 10.9 Å². The molecule has 2 fully saturated rings. The number of hydrogen-bond donors (Lipinski definition) is 2. The first-order valence-electron chi connectivity index (χ1n) is 10.9. The number of aromatic nitrogens is 1. The van der Waals surface area contributed by atoms with Gasteiger partial charge in [0.05, 0.1) is 11.3 Å². The lowest BCUT2D eigenvalue weighted by atomic mass is 9.75. The summed E-state index contributed by atoms with van der Waals surface area (Å²) in [6.07, 6.45) is 8.78. The van der Waals surface area contributed by atoms with E-state index in [9.17, 15) is 5.11 Å². The minimum atomic E-state index is 0.171. The van der Waals surface area contributed by atoms with Crippen molar-refractivity contribution in [3.05, 3.63) is 53.6 Å². The van der Waals surface area contributed by atoms with E-state index < -0.39 is 0 Å². The summed E-state index contributed by atoms with van der Waals surface area (Å²) in [5, 5.41) is 11.3. The molecular formula is C25H29N3O. The van der Waals surface area contributed by atoms with Gasteiger partial charge in [0.1, 0.15) is 0 Å². The molecule has 4 heteroatoms.